The molecule has 1 spiro atoms. The maximum Gasteiger partial charge on any atom is 0.246 e. The Morgan fingerprint density at radius 2 is 1.82 bits per heavy atom. The molecule has 8 nitrogen and oxygen atoms in total. The van der Waals surface area contributed by atoms with Crippen LogP contribution in [0.4, 0.5) is 0 Å². The number of methoxy groups -OCH3 is 1. The molecule has 2 fully saturated rings. The number of carbonyl (C=O) groups is 2. The van der Waals surface area contributed by atoms with Gasteiger partial charge < -0.3 is 15.0 Å². The molecule has 2 aliphatic heterocycles. The van der Waals surface area contributed by atoms with Gasteiger partial charge in [-0.3, -0.25) is 14.5 Å². The number of rotatable bonds is 9. The minimum absolute atomic E-state index is 0. The number of nitrogens with one attached hydrogen (secondary N) is 1. The molecule has 0 aliphatic carbocycles. The van der Waals surface area contributed by atoms with E-state index in [1.807, 2.05) is 22.6 Å². The van der Waals surface area contributed by atoms with Crippen molar-refractivity contribution in [2.24, 2.45) is 5.92 Å². The highest BCUT2D eigenvalue weighted by atomic mass is 35.5. The summed E-state index contributed by atoms with van der Waals surface area (Å²) in [7, 11) is 1.68. The molecular weight excluding hydrogens is 537 g/mol. The zero-order valence-corrected chi connectivity index (χ0v) is 25.8. The lowest BCUT2D eigenvalue weighted by Crippen LogP contribution is -2.73. The van der Waals surface area contributed by atoms with E-state index in [4.69, 9.17) is 9.84 Å². The van der Waals surface area contributed by atoms with E-state index >= 15 is 0 Å². The van der Waals surface area contributed by atoms with E-state index in [9.17, 15) is 9.59 Å². The SMILES string of the molecule is CCCCN1C(=O)C(CC(C)C)NC(=O)C12CCN(Cc1cc(OC)ccc1-n1nc(C)cc1C)CC2.Cl.Cl. The molecule has 218 valence electrons. The van der Waals surface area contributed by atoms with Crippen LogP contribution in [0.25, 0.3) is 5.69 Å². The van der Waals surface area contributed by atoms with Crippen LogP contribution in [0.15, 0.2) is 24.3 Å². The molecule has 1 unspecified atom stereocenters. The fourth-order valence-corrected chi connectivity index (χ4v) is 5.86. The average Bonchev–Trinajstić information content (AvgIpc) is 3.20. The number of aromatic nitrogens is 2. The molecule has 10 heteroatoms. The summed E-state index contributed by atoms with van der Waals surface area (Å²) < 4.78 is 7.52. The van der Waals surface area contributed by atoms with Crippen LogP contribution in [0.3, 0.4) is 0 Å². The second kappa shape index (κ2) is 13.9. The fraction of sp³-hybridized carbons (Fsp3) is 0.621. The third-order valence-electron chi connectivity index (χ3n) is 7.85. The van der Waals surface area contributed by atoms with Crippen LogP contribution in [-0.4, -0.2) is 69.7 Å². The summed E-state index contributed by atoms with van der Waals surface area (Å²) >= 11 is 0. The number of piperidine rings is 1. The van der Waals surface area contributed by atoms with E-state index < -0.39 is 11.6 Å². The molecular formula is C29H45Cl2N5O3. The van der Waals surface area contributed by atoms with Gasteiger partial charge in [-0.05, 0) is 75.3 Å². The van der Waals surface area contributed by atoms with E-state index in [0.717, 1.165) is 60.9 Å². The van der Waals surface area contributed by atoms with Crippen molar-refractivity contribution in [2.75, 3.05) is 26.7 Å². The number of aryl methyl sites for hydroxylation is 2. The van der Waals surface area contributed by atoms with Crippen molar-refractivity contribution in [2.45, 2.75) is 84.8 Å². The van der Waals surface area contributed by atoms with Crippen LogP contribution in [0.5, 0.6) is 5.75 Å². The number of halogens is 2. The van der Waals surface area contributed by atoms with Crippen LogP contribution in [0, 0.1) is 19.8 Å². The fourth-order valence-electron chi connectivity index (χ4n) is 5.86. The van der Waals surface area contributed by atoms with Crippen molar-refractivity contribution in [3.63, 3.8) is 0 Å². The maximum atomic E-state index is 13.6. The maximum absolute atomic E-state index is 13.6. The molecule has 2 amide bonds. The number of benzene rings is 1. The first-order valence-electron chi connectivity index (χ1n) is 13.7. The first-order valence-corrected chi connectivity index (χ1v) is 13.7. The molecule has 4 rings (SSSR count). The lowest BCUT2D eigenvalue weighted by Gasteiger charge is -2.52. The lowest BCUT2D eigenvalue weighted by molar-refractivity contribution is -0.161. The zero-order valence-electron chi connectivity index (χ0n) is 24.2. The van der Waals surface area contributed by atoms with Gasteiger partial charge in [-0.25, -0.2) is 4.68 Å². The number of piperazine rings is 1. The molecule has 39 heavy (non-hydrogen) atoms. The molecule has 1 N–H and O–H groups in total. The topological polar surface area (TPSA) is 79.7 Å². The highest BCUT2D eigenvalue weighted by Gasteiger charge is 2.53. The molecule has 0 bridgehead atoms. The third kappa shape index (κ3) is 6.90. The van der Waals surface area contributed by atoms with Crippen LogP contribution >= 0.6 is 24.8 Å². The number of hydrogen-bond donors (Lipinski definition) is 1. The molecule has 0 radical (unpaired) electrons. The summed E-state index contributed by atoms with van der Waals surface area (Å²) in [6, 6.07) is 7.78. The predicted octanol–water partition coefficient (Wildman–Crippen LogP) is 4.85. The highest BCUT2D eigenvalue weighted by Crippen LogP contribution is 2.35. The van der Waals surface area contributed by atoms with E-state index in [1.54, 1.807) is 7.11 Å². The van der Waals surface area contributed by atoms with Crippen molar-refractivity contribution in [3.05, 3.63) is 41.2 Å². The predicted molar refractivity (Wildman–Crippen MR) is 159 cm³/mol. The first-order chi connectivity index (χ1) is 17.7. The van der Waals surface area contributed by atoms with E-state index in [1.165, 1.54) is 0 Å². The number of amides is 2. The smallest absolute Gasteiger partial charge is 0.246 e. The standard InChI is InChI=1S/C29H43N5O3.2ClH/c1-7-8-13-33-27(35)25(16-20(2)3)30-28(36)29(33)11-14-32(15-12-29)19-23-18-24(37-6)9-10-26(23)34-22(5)17-21(4)31-34;;/h9-10,17-18,20,25H,7-8,11-16,19H2,1-6H3,(H,30,36);2*1H. The Labute approximate surface area is 245 Å². The Morgan fingerprint density at radius 1 is 1.13 bits per heavy atom. The van der Waals surface area contributed by atoms with Crippen molar-refractivity contribution in [1.29, 1.82) is 0 Å². The quantitative estimate of drug-likeness (QED) is 0.458. The molecule has 2 saturated heterocycles. The molecule has 2 aliphatic rings. The van der Waals surface area contributed by atoms with Gasteiger partial charge in [-0.2, -0.15) is 5.10 Å². The van der Waals surface area contributed by atoms with Gasteiger partial charge in [0.1, 0.15) is 17.3 Å². The number of unbranched alkanes of at least 4 members (excludes halogenated alkanes) is 1. The second-order valence-corrected chi connectivity index (χ2v) is 11.1. The number of carbonyl (C=O) groups excluding carboxylic acids is 2. The summed E-state index contributed by atoms with van der Waals surface area (Å²) in [5.41, 5.74) is 3.49. The van der Waals surface area contributed by atoms with Crippen LogP contribution in [0.2, 0.25) is 0 Å². The number of likely N-dealkylation sites (tertiary alicyclic amines) is 1. The van der Waals surface area contributed by atoms with Crippen molar-refractivity contribution in [1.82, 2.24) is 24.9 Å². The summed E-state index contributed by atoms with van der Waals surface area (Å²) in [5.74, 6) is 1.28. The highest BCUT2D eigenvalue weighted by molar-refractivity contribution is 6.00. The lowest BCUT2D eigenvalue weighted by atomic mass is 9.80. The zero-order chi connectivity index (χ0) is 26.7. The monoisotopic (exact) mass is 581 g/mol. The summed E-state index contributed by atoms with van der Waals surface area (Å²) in [6.07, 6.45) is 3.87. The molecule has 1 atom stereocenters. The Morgan fingerprint density at radius 3 is 2.38 bits per heavy atom. The van der Waals surface area contributed by atoms with Crippen LogP contribution in [-0.2, 0) is 16.1 Å². The van der Waals surface area contributed by atoms with Gasteiger partial charge in [-0.15, -0.1) is 24.8 Å². The minimum Gasteiger partial charge on any atom is -0.497 e. The molecule has 1 aromatic heterocycles. The molecule has 3 heterocycles. The minimum atomic E-state index is -0.747. The molecule has 0 saturated carbocycles. The van der Waals surface area contributed by atoms with E-state index in [0.29, 0.717) is 31.7 Å². The number of hydrogen-bond acceptors (Lipinski definition) is 5. The van der Waals surface area contributed by atoms with Crippen molar-refractivity contribution in [3.8, 4) is 11.4 Å². The third-order valence-corrected chi connectivity index (χ3v) is 7.85. The van der Waals surface area contributed by atoms with Crippen LogP contribution in [0.1, 0.15) is 69.8 Å². The summed E-state index contributed by atoms with van der Waals surface area (Å²) in [6.45, 7) is 13.2. The van der Waals surface area contributed by atoms with E-state index in [2.05, 4.69) is 56.1 Å². The van der Waals surface area contributed by atoms with Gasteiger partial charge in [0.2, 0.25) is 11.8 Å². The molecule has 2 aromatic rings. The Balaban J connectivity index is 0.00000267. The summed E-state index contributed by atoms with van der Waals surface area (Å²) in [5, 5.41) is 7.81. The Bertz CT molecular complexity index is 1130. The van der Waals surface area contributed by atoms with Gasteiger partial charge in [-0.1, -0.05) is 27.2 Å². The van der Waals surface area contributed by atoms with Gasteiger partial charge in [0.15, 0.2) is 0 Å². The number of nitrogens with zero attached hydrogens (tertiary/aromatic N) is 4. The Kier molecular flexibility index (Phi) is 11.7. The average molecular weight is 583 g/mol. The van der Waals surface area contributed by atoms with E-state index in [-0.39, 0.29) is 36.6 Å². The second-order valence-electron chi connectivity index (χ2n) is 11.1. The van der Waals surface area contributed by atoms with Crippen molar-refractivity contribution >= 4 is 36.6 Å². The summed E-state index contributed by atoms with van der Waals surface area (Å²) in [4.78, 5) is 31.4. The Hall–Kier alpha value is -2.29. The number of ether oxygens (including phenoxy) is 1. The largest absolute Gasteiger partial charge is 0.497 e. The molecule has 1 aromatic carbocycles. The van der Waals surface area contributed by atoms with Gasteiger partial charge in [0.25, 0.3) is 0 Å². The van der Waals surface area contributed by atoms with Gasteiger partial charge in [0.05, 0.1) is 18.5 Å². The normalized spacial score (nSPS) is 19.1. The first kappa shape index (κ1) is 32.9. The van der Waals surface area contributed by atoms with Gasteiger partial charge >= 0.3 is 0 Å². The van der Waals surface area contributed by atoms with Crippen molar-refractivity contribution < 1.29 is 14.3 Å². The van der Waals surface area contributed by atoms with Gasteiger partial charge in [0, 0.05) is 31.9 Å². The van der Waals surface area contributed by atoms with Crippen LogP contribution < -0.4 is 10.1 Å².